The molecule has 0 fully saturated rings. The number of thiophene rings is 1. The van der Waals surface area contributed by atoms with Gasteiger partial charge in [0, 0.05) is 17.3 Å². The maximum absolute atomic E-state index is 13.2. The third-order valence-corrected chi connectivity index (χ3v) is 7.13. The highest BCUT2D eigenvalue weighted by molar-refractivity contribution is 7.17. The third kappa shape index (κ3) is 4.65. The quantitative estimate of drug-likeness (QED) is 0.529. The first-order valence-corrected chi connectivity index (χ1v) is 12.0. The summed E-state index contributed by atoms with van der Waals surface area (Å²) in [5, 5.41) is 5.95. The zero-order chi connectivity index (χ0) is 24.4. The van der Waals surface area contributed by atoms with Crippen LogP contribution in [-0.4, -0.2) is 41.8 Å². The van der Waals surface area contributed by atoms with Crippen LogP contribution >= 0.6 is 11.3 Å². The maximum Gasteiger partial charge on any atom is 0.341 e. The van der Waals surface area contributed by atoms with Crippen LogP contribution < -0.4 is 15.5 Å². The molecular formula is C25H22N4O5S. The Labute approximate surface area is 205 Å². The number of rotatable bonds is 5. The lowest BCUT2D eigenvalue weighted by Crippen LogP contribution is -2.44. The van der Waals surface area contributed by atoms with E-state index in [2.05, 4.69) is 15.6 Å². The Bertz CT molecular complexity index is 1320. The molecule has 2 aromatic heterocycles. The van der Waals surface area contributed by atoms with Crippen molar-refractivity contribution in [3.05, 3.63) is 70.4 Å². The van der Waals surface area contributed by atoms with Gasteiger partial charge < -0.3 is 15.4 Å². The summed E-state index contributed by atoms with van der Waals surface area (Å²) >= 11 is 1.37. The summed E-state index contributed by atoms with van der Waals surface area (Å²) in [6.45, 7) is -0.686. The molecule has 9 nitrogen and oxygen atoms in total. The summed E-state index contributed by atoms with van der Waals surface area (Å²) in [5.74, 6) is -1.88. The molecule has 1 aliphatic carbocycles. The molecule has 2 aliphatic rings. The van der Waals surface area contributed by atoms with Crippen LogP contribution in [0.3, 0.4) is 0 Å². The Morgan fingerprint density at radius 2 is 1.94 bits per heavy atom. The van der Waals surface area contributed by atoms with Crippen LogP contribution in [0.2, 0.25) is 0 Å². The number of esters is 1. The van der Waals surface area contributed by atoms with Crippen LogP contribution in [0.4, 0.5) is 16.4 Å². The van der Waals surface area contributed by atoms with E-state index in [1.54, 1.807) is 42.6 Å². The van der Waals surface area contributed by atoms with Gasteiger partial charge in [0.05, 0.1) is 22.5 Å². The predicted molar refractivity (Wildman–Crippen MR) is 131 cm³/mol. The van der Waals surface area contributed by atoms with Crippen LogP contribution in [-0.2, 0) is 27.2 Å². The fourth-order valence-corrected chi connectivity index (χ4v) is 5.55. The largest absolute Gasteiger partial charge is 0.452 e. The first-order valence-electron chi connectivity index (χ1n) is 11.2. The van der Waals surface area contributed by atoms with Crippen molar-refractivity contribution in [2.45, 2.75) is 25.7 Å². The van der Waals surface area contributed by atoms with Crippen molar-refractivity contribution in [1.29, 1.82) is 0 Å². The number of fused-ring (bicyclic) bond motifs is 2. The lowest BCUT2D eigenvalue weighted by molar-refractivity contribution is -0.124. The second-order valence-corrected chi connectivity index (χ2v) is 9.34. The third-order valence-electron chi connectivity index (χ3n) is 5.92. The van der Waals surface area contributed by atoms with Gasteiger partial charge in [-0.05, 0) is 55.5 Å². The maximum atomic E-state index is 13.2. The highest BCUT2D eigenvalue weighted by Crippen LogP contribution is 2.39. The summed E-state index contributed by atoms with van der Waals surface area (Å²) in [6.07, 6.45) is 6.48. The molecule has 3 aromatic rings. The number of aromatic nitrogens is 1. The number of aryl methyl sites for hydroxylation is 1. The van der Waals surface area contributed by atoms with Crippen molar-refractivity contribution in [3.63, 3.8) is 0 Å². The zero-order valence-electron chi connectivity index (χ0n) is 18.7. The molecule has 178 valence electrons. The average molecular weight is 491 g/mol. The molecular weight excluding hydrogens is 468 g/mol. The SMILES string of the molecule is O=C1CN(C(=O)COC(=O)c2c(NC(=O)c3cccnc3)sc3c2CCCC3)c2ccccc2N1. The van der Waals surface area contributed by atoms with Crippen LogP contribution in [0.1, 0.15) is 44.0 Å². The summed E-state index contributed by atoms with van der Waals surface area (Å²) < 4.78 is 5.43. The van der Waals surface area contributed by atoms with E-state index in [4.69, 9.17) is 4.74 Å². The standard InChI is InChI=1S/C25H22N4O5S/c30-20-13-29(18-9-3-2-8-17(18)27-20)21(31)14-34-25(33)22-16-7-1-4-10-19(16)35-24(22)28-23(32)15-6-5-11-26-12-15/h2-3,5-6,8-9,11-12H,1,4,7,10,13-14H2,(H,27,30)(H,28,32). The number of carbonyl (C=O) groups excluding carboxylic acids is 4. The number of amides is 3. The Hall–Kier alpha value is -4.05. The molecule has 10 heteroatoms. The van der Waals surface area contributed by atoms with E-state index in [0.717, 1.165) is 29.7 Å². The minimum absolute atomic E-state index is 0.159. The zero-order valence-corrected chi connectivity index (χ0v) is 19.5. The van der Waals surface area contributed by atoms with Gasteiger partial charge in [-0.15, -0.1) is 11.3 Å². The molecule has 0 saturated carbocycles. The van der Waals surface area contributed by atoms with Crippen LogP contribution in [0.15, 0.2) is 48.8 Å². The molecule has 3 heterocycles. The first kappa shape index (κ1) is 22.7. The van der Waals surface area contributed by atoms with Gasteiger partial charge in [0.15, 0.2) is 6.61 Å². The van der Waals surface area contributed by atoms with Crippen molar-refractivity contribution in [3.8, 4) is 0 Å². The Morgan fingerprint density at radius 3 is 2.77 bits per heavy atom. The van der Waals surface area contributed by atoms with Gasteiger partial charge in [-0.25, -0.2) is 4.79 Å². The van der Waals surface area contributed by atoms with Crippen LogP contribution in [0, 0.1) is 0 Å². The molecule has 0 spiro atoms. The van der Waals surface area contributed by atoms with Crippen molar-refractivity contribution in [1.82, 2.24) is 4.98 Å². The van der Waals surface area contributed by atoms with Crippen LogP contribution in [0.5, 0.6) is 0 Å². The second kappa shape index (κ2) is 9.67. The van der Waals surface area contributed by atoms with Gasteiger partial charge in [0.2, 0.25) is 5.91 Å². The number of hydrogen-bond acceptors (Lipinski definition) is 7. The molecule has 0 unspecified atom stereocenters. The number of nitrogens with zero attached hydrogens (tertiary/aromatic N) is 2. The van der Waals surface area contributed by atoms with Crippen molar-refractivity contribution in [2.75, 3.05) is 28.7 Å². The minimum atomic E-state index is -0.672. The lowest BCUT2D eigenvalue weighted by atomic mass is 9.95. The average Bonchev–Trinajstić information content (AvgIpc) is 3.24. The van der Waals surface area contributed by atoms with E-state index in [0.29, 0.717) is 33.9 Å². The fourth-order valence-electron chi connectivity index (χ4n) is 4.28. The Kier molecular flexibility index (Phi) is 6.28. The van der Waals surface area contributed by atoms with E-state index in [1.165, 1.54) is 22.4 Å². The fraction of sp³-hybridized carbons (Fsp3) is 0.240. The van der Waals surface area contributed by atoms with Gasteiger partial charge in [-0.3, -0.25) is 24.3 Å². The highest BCUT2D eigenvalue weighted by atomic mass is 32.1. The number of benzene rings is 1. The van der Waals surface area contributed by atoms with Crippen molar-refractivity contribution >= 4 is 51.4 Å². The molecule has 5 rings (SSSR count). The van der Waals surface area contributed by atoms with E-state index in [9.17, 15) is 19.2 Å². The monoisotopic (exact) mass is 490 g/mol. The van der Waals surface area contributed by atoms with Gasteiger partial charge in [0.1, 0.15) is 11.5 Å². The van der Waals surface area contributed by atoms with Gasteiger partial charge >= 0.3 is 5.97 Å². The first-order chi connectivity index (χ1) is 17.0. The second-order valence-electron chi connectivity index (χ2n) is 8.23. The van der Waals surface area contributed by atoms with E-state index in [-0.39, 0.29) is 18.4 Å². The predicted octanol–water partition coefficient (Wildman–Crippen LogP) is 3.42. The van der Waals surface area contributed by atoms with Gasteiger partial charge in [0.25, 0.3) is 11.8 Å². The summed E-state index contributed by atoms with van der Waals surface area (Å²) in [5.41, 5.74) is 2.60. The van der Waals surface area contributed by atoms with Crippen molar-refractivity contribution < 1.29 is 23.9 Å². The Balaban J connectivity index is 1.35. The molecule has 3 amide bonds. The number of ether oxygens (including phenoxy) is 1. The molecule has 0 radical (unpaired) electrons. The molecule has 0 atom stereocenters. The molecule has 0 bridgehead atoms. The van der Waals surface area contributed by atoms with Crippen LogP contribution in [0.25, 0.3) is 0 Å². The van der Waals surface area contributed by atoms with Crippen molar-refractivity contribution in [2.24, 2.45) is 0 Å². The number of para-hydroxylation sites is 2. The summed E-state index contributed by atoms with van der Waals surface area (Å²) in [4.78, 5) is 57.2. The normalized spacial score (nSPS) is 14.4. The minimum Gasteiger partial charge on any atom is -0.452 e. The number of nitrogens with one attached hydrogen (secondary N) is 2. The number of hydrogen-bond donors (Lipinski definition) is 2. The van der Waals surface area contributed by atoms with Gasteiger partial charge in [-0.2, -0.15) is 0 Å². The molecule has 2 N–H and O–H groups in total. The molecule has 1 aliphatic heterocycles. The molecule has 35 heavy (non-hydrogen) atoms. The van der Waals surface area contributed by atoms with E-state index < -0.39 is 18.5 Å². The highest BCUT2D eigenvalue weighted by Gasteiger charge is 2.30. The summed E-state index contributed by atoms with van der Waals surface area (Å²) in [7, 11) is 0. The lowest BCUT2D eigenvalue weighted by Gasteiger charge is -2.28. The smallest absolute Gasteiger partial charge is 0.341 e. The number of anilines is 3. The molecule has 1 aromatic carbocycles. The van der Waals surface area contributed by atoms with E-state index in [1.807, 2.05) is 0 Å². The summed E-state index contributed by atoms with van der Waals surface area (Å²) in [6, 6.07) is 10.2. The molecule has 0 saturated heterocycles. The van der Waals surface area contributed by atoms with Gasteiger partial charge in [-0.1, -0.05) is 12.1 Å². The van der Waals surface area contributed by atoms with E-state index >= 15 is 0 Å². The number of pyridine rings is 1. The topological polar surface area (TPSA) is 118 Å². The Morgan fingerprint density at radius 1 is 1.11 bits per heavy atom. The number of carbonyl (C=O) groups is 4.